The van der Waals surface area contributed by atoms with Crippen LogP contribution in [0.3, 0.4) is 0 Å². The maximum atomic E-state index is 12.3. The van der Waals surface area contributed by atoms with Crippen molar-refractivity contribution in [2.75, 3.05) is 38.1 Å². The molecule has 11 nitrogen and oxygen atoms in total. The molecule has 1 aromatic carbocycles. The standard InChI is InChI=1S/C18H20N4O7S/c19-30(26,27)16-7-6-14(29-16)17(24)28-12-15(23)21-8-10-22(11-9-21)18(25)20-13-4-2-1-3-5-13/h1-7H,8-12H2,(H,20,25)(H2,19,26,27). The Morgan fingerprint density at radius 3 is 2.23 bits per heavy atom. The van der Waals surface area contributed by atoms with Crippen molar-refractivity contribution in [1.82, 2.24) is 9.80 Å². The molecule has 12 heteroatoms. The summed E-state index contributed by atoms with van der Waals surface area (Å²) < 4.78 is 32.0. The average molecular weight is 436 g/mol. The van der Waals surface area contributed by atoms with Gasteiger partial charge in [-0.05, 0) is 24.3 Å². The second kappa shape index (κ2) is 8.97. The van der Waals surface area contributed by atoms with E-state index in [2.05, 4.69) is 5.32 Å². The lowest BCUT2D eigenvalue weighted by molar-refractivity contribution is -0.135. The van der Waals surface area contributed by atoms with E-state index in [4.69, 9.17) is 14.3 Å². The van der Waals surface area contributed by atoms with E-state index in [0.717, 1.165) is 12.1 Å². The van der Waals surface area contributed by atoms with Gasteiger partial charge < -0.3 is 24.3 Å². The number of anilines is 1. The van der Waals surface area contributed by atoms with Gasteiger partial charge in [-0.1, -0.05) is 18.2 Å². The Labute approximate surface area is 172 Å². The highest BCUT2D eigenvalue weighted by molar-refractivity contribution is 7.89. The molecular formula is C18H20N4O7S. The van der Waals surface area contributed by atoms with E-state index >= 15 is 0 Å². The third-order valence-electron chi connectivity index (χ3n) is 4.33. The van der Waals surface area contributed by atoms with Gasteiger partial charge in [-0.3, -0.25) is 4.79 Å². The maximum absolute atomic E-state index is 12.3. The number of rotatable bonds is 5. The van der Waals surface area contributed by atoms with Crippen LogP contribution in [0, 0.1) is 0 Å². The number of carbonyl (C=O) groups is 3. The van der Waals surface area contributed by atoms with Gasteiger partial charge in [-0.2, -0.15) is 0 Å². The minimum atomic E-state index is -4.08. The third-order valence-corrected chi connectivity index (χ3v) is 5.11. The van der Waals surface area contributed by atoms with Crippen molar-refractivity contribution in [3.8, 4) is 0 Å². The number of piperazine rings is 1. The van der Waals surface area contributed by atoms with E-state index in [1.807, 2.05) is 18.2 Å². The van der Waals surface area contributed by atoms with Crippen LogP contribution in [0.15, 0.2) is 52.0 Å². The van der Waals surface area contributed by atoms with Gasteiger partial charge in [0.05, 0.1) is 0 Å². The number of sulfonamides is 1. The summed E-state index contributed by atoms with van der Waals surface area (Å²) in [6, 6.07) is 10.9. The zero-order valence-electron chi connectivity index (χ0n) is 15.8. The van der Waals surface area contributed by atoms with Crippen LogP contribution in [-0.2, 0) is 19.6 Å². The lowest BCUT2D eigenvalue weighted by Crippen LogP contribution is -2.52. The second-order valence-electron chi connectivity index (χ2n) is 6.40. The largest absolute Gasteiger partial charge is 0.450 e. The van der Waals surface area contributed by atoms with Crippen LogP contribution in [0.2, 0.25) is 0 Å². The van der Waals surface area contributed by atoms with Crippen LogP contribution < -0.4 is 10.5 Å². The molecule has 3 amide bonds. The molecule has 0 saturated carbocycles. The number of furan rings is 1. The average Bonchev–Trinajstić information content (AvgIpc) is 3.23. The van der Waals surface area contributed by atoms with Crippen molar-refractivity contribution in [2.45, 2.75) is 5.09 Å². The number of carbonyl (C=O) groups excluding carboxylic acids is 3. The fourth-order valence-electron chi connectivity index (χ4n) is 2.76. The van der Waals surface area contributed by atoms with Crippen molar-refractivity contribution in [2.24, 2.45) is 5.14 Å². The van der Waals surface area contributed by atoms with Gasteiger partial charge in [0.15, 0.2) is 6.61 Å². The minimum Gasteiger partial charge on any atom is -0.450 e. The summed E-state index contributed by atoms with van der Waals surface area (Å²) in [5, 5.41) is 7.10. The number of para-hydroxylation sites is 1. The Kier molecular flexibility index (Phi) is 6.37. The Morgan fingerprint density at radius 1 is 1.00 bits per heavy atom. The molecule has 0 unspecified atom stereocenters. The molecule has 2 aromatic rings. The number of amides is 3. The molecule has 3 rings (SSSR count). The normalized spacial score (nSPS) is 14.3. The molecule has 0 aliphatic carbocycles. The van der Waals surface area contributed by atoms with Gasteiger partial charge in [0.1, 0.15) is 0 Å². The molecule has 3 N–H and O–H groups in total. The fraction of sp³-hybridized carbons (Fsp3) is 0.278. The molecule has 30 heavy (non-hydrogen) atoms. The predicted octanol–water partition coefficient (Wildman–Crippen LogP) is 0.460. The van der Waals surface area contributed by atoms with Gasteiger partial charge in [0.25, 0.3) is 15.9 Å². The molecule has 1 fully saturated rings. The first-order chi connectivity index (χ1) is 14.2. The highest BCUT2D eigenvalue weighted by Crippen LogP contribution is 2.13. The number of nitrogens with one attached hydrogen (secondary N) is 1. The van der Waals surface area contributed by atoms with Crippen LogP contribution in [0.4, 0.5) is 10.5 Å². The quantitative estimate of drug-likeness (QED) is 0.646. The number of primary sulfonamides is 1. The van der Waals surface area contributed by atoms with Crippen LogP contribution in [0.1, 0.15) is 10.6 Å². The van der Waals surface area contributed by atoms with Gasteiger partial charge >= 0.3 is 12.0 Å². The van der Waals surface area contributed by atoms with Crippen molar-refractivity contribution >= 4 is 33.6 Å². The number of ether oxygens (including phenoxy) is 1. The first-order valence-electron chi connectivity index (χ1n) is 8.92. The summed E-state index contributed by atoms with van der Waals surface area (Å²) in [7, 11) is -4.08. The lowest BCUT2D eigenvalue weighted by atomic mass is 10.3. The molecule has 1 saturated heterocycles. The Bertz CT molecular complexity index is 1030. The summed E-state index contributed by atoms with van der Waals surface area (Å²) in [6.45, 7) is 0.687. The summed E-state index contributed by atoms with van der Waals surface area (Å²) in [6.07, 6.45) is 0. The van der Waals surface area contributed by atoms with Crippen LogP contribution in [0.25, 0.3) is 0 Å². The fourth-order valence-corrected chi connectivity index (χ4v) is 3.22. The van der Waals surface area contributed by atoms with E-state index in [0.29, 0.717) is 18.8 Å². The van der Waals surface area contributed by atoms with Crippen LogP contribution in [-0.4, -0.2) is 68.9 Å². The zero-order chi connectivity index (χ0) is 21.7. The molecule has 160 valence electrons. The first-order valence-corrected chi connectivity index (χ1v) is 10.5. The van der Waals surface area contributed by atoms with E-state index in [9.17, 15) is 22.8 Å². The summed E-state index contributed by atoms with van der Waals surface area (Å²) >= 11 is 0. The predicted molar refractivity (Wildman–Crippen MR) is 104 cm³/mol. The number of benzene rings is 1. The Balaban J connectivity index is 1.44. The monoisotopic (exact) mass is 436 g/mol. The number of hydrogen-bond acceptors (Lipinski definition) is 7. The van der Waals surface area contributed by atoms with Crippen LogP contribution in [0.5, 0.6) is 0 Å². The van der Waals surface area contributed by atoms with Gasteiger partial charge in [-0.25, -0.2) is 23.1 Å². The highest BCUT2D eigenvalue weighted by Gasteiger charge is 2.26. The zero-order valence-corrected chi connectivity index (χ0v) is 16.6. The summed E-state index contributed by atoms with van der Waals surface area (Å²) in [5.74, 6) is -1.81. The lowest BCUT2D eigenvalue weighted by Gasteiger charge is -2.34. The number of esters is 1. The molecule has 1 aliphatic heterocycles. The topological polar surface area (TPSA) is 152 Å². The molecule has 1 aliphatic rings. The number of nitrogens with two attached hydrogens (primary N) is 1. The first kappa shape index (κ1) is 21.3. The third kappa shape index (κ3) is 5.36. The van der Waals surface area contributed by atoms with E-state index in [-0.39, 0.29) is 24.9 Å². The Hall–Kier alpha value is -3.38. The van der Waals surface area contributed by atoms with Gasteiger partial charge in [0.2, 0.25) is 10.9 Å². The molecule has 2 heterocycles. The summed E-state index contributed by atoms with van der Waals surface area (Å²) in [4.78, 5) is 39.5. The number of hydrogen-bond donors (Lipinski definition) is 2. The molecule has 0 radical (unpaired) electrons. The van der Waals surface area contributed by atoms with Crippen molar-refractivity contribution in [1.29, 1.82) is 0 Å². The molecule has 1 aromatic heterocycles. The molecular weight excluding hydrogens is 416 g/mol. The van der Waals surface area contributed by atoms with Crippen molar-refractivity contribution in [3.05, 3.63) is 48.2 Å². The Morgan fingerprint density at radius 2 is 1.63 bits per heavy atom. The van der Waals surface area contributed by atoms with E-state index < -0.39 is 33.6 Å². The number of nitrogens with zero attached hydrogens (tertiary/aromatic N) is 2. The molecule has 0 atom stereocenters. The van der Waals surface area contributed by atoms with Crippen molar-refractivity contribution in [3.63, 3.8) is 0 Å². The smallest absolute Gasteiger partial charge is 0.374 e. The van der Waals surface area contributed by atoms with Crippen LogP contribution >= 0.6 is 0 Å². The number of urea groups is 1. The minimum absolute atomic E-state index is 0.261. The SMILES string of the molecule is NS(=O)(=O)c1ccc(C(=O)OCC(=O)N2CCN(C(=O)Nc3ccccc3)CC2)o1. The maximum Gasteiger partial charge on any atom is 0.374 e. The van der Waals surface area contributed by atoms with Gasteiger partial charge in [-0.15, -0.1) is 0 Å². The van der Waals surface area contributed by atoms with Gasteiger partial charge in [0, 0.05) is 31.9 Å². The summed E-state index contributed by atoms with van der Waals surface area (Å²) in [5.41, 5.74) is 0.677. The second-order valence-corrected chi connectivity index (χ2v) is 7.90. The molecule has 0 spiro atoms. The van der Waals surface area contributed by atoms with E-state index in [1.165, 1.54) is 4.90 Å². The van der Waals surface area contributed by atoms with E-state index in [1.54, 1.807) is 17.0 Å². The van der Waals surface area contributed by atoms with Crippen molar-refractivity contribution < 1.29 is 32.0 Å². The molecule has 0 bridgehead atoms. The highest BCUT2D eigenvalue weighted by atomic mass is 32.2.